The van der Waals surface area contributed by atoms with E-state index in [4.69, 9.17) is 0 Å². The lowest BCUT2D eigenvalue weighted by molar-refractivity contribution is 0.673. The van der Waals surface area contributed by atoms with Crippen molar-refractivity contribution in [3.05, 3.63) is 47.5 Å². The first kappa shape index (κ1) is 13.7. The van der Waals surface area contributed by atoms with Crippen LogP contribution in [-0.2, 0) is 20.0 Å². The van der Waals surface area contributed by atoms with E-state index in [-0.39, 0.29) is 0 Å². The largest absolute Gasteiger partial charge is 0.312 e. The predicted molar refractivity (Wildman–Crippen MR) is 76.9 cm³/mol. The monoisotopic (exact) mass is 258 g/mol. The predicted octanol–water partition coefficient (Wildman–Crippen LogP) is 2.27. The lowest BCUT2D eigenvalue weighted by Gasteiger charge is -2.07. The summed E-state index contributed by atoms with van der Waals surface area (Å²) in [5, 5.41) is 8.00. The van der Waals surface area contributed by atoms with Crippen LogP contribution in [0.15, 0.2) is 30.7 Å². The van der Waals surface area contributed by atoms with E-state index < -0.39 is 0 Å². The molecule has 0 amide bonds. The standard InChI is InChI=1S/C15H22N4/c1-12(2)15-14(11-19(3)18-15)10-17-9-6-13-4-7-16-8-5-13/h4-5,7-8,11-12,17H,6,9-10H2,1-3H3. The van der Waals surface area contributed by atoms with Gasteiger partial charge in [-0.15, -0.1) is 0 Å². The Morgan fingerprint density at radius 2 is 2.00 bits per heavy atom. The molecule has 0 unspecified atom stereocenters. The highest BCUT2D eigenvalue weighted by atomic mass is 15.3. The quantitative estimate of drug-likeness (QED) is 0.808. The maximum absolute atomic E-state index is 4.52. The molecule has 0 aliphatic rings. The first-order valence-electron chi connectivity index (χ1n) is 6.79. The Balaban J connectivity index is 1.83. The molecule has 2 aromatic rings. The van der Waals surface area contributed by atoms with Gasteiger partial charge in [-0.05, 0) is 36.6 Å². The summed E-state index contributed by atoms with van der Waals surface area (Å²) in [7, 11) is 1.98. The summed E-state index contributed by atoms with van der Waals surface area (Å²) in [6, 6.07) is 4.12. The van der Waals surface area contributed by atoms with Gasteiger partial charge in [0.15, 0.2) is 0 Å². The summed E-state index contributed by atoms with van der Waals surface area (Å²) < 4.78 is 1.90. The number of pyridine rings is 1. The zero-order valence-corrected chi connectivity index (χ0v) is 11.9. The molecule has 0 atom stereocenters. The first-order chi connectivity index (χ1) is 9.16. The highest BCUT2D eigenvalue weighted by Crippen LogP contribution is 2.16. The van der Waals surface area contributed by atoms with Crippen LogP contribution in [0, 0.1) is 0 Å². The van der Waals surface area contributed by atoms with Crippen LogP contribution < -0.4 is 5.32 Å². The van der Waals surface area contributed by atoms with E-state index in [1.807, 2.05) is 24.1 Å². The number of nitrogens with one attached hydrogen (secondary N) is 1. The van der Waals surface area contributed by atoms with E-state index in [0.29, 0.717) is 5.92 Å². The average molecular weight is 258 g/mol. The van der Waals surface area contributed by atoms with Crippen LogP contribution >= 0.6 is 0 Å². The fraction of sp³-hybridized carbons (Fsp3) is 0.467. The third kappa shape index (κ3) is 3.89. The Morgan fingerprint density at radius 1 is 1.26 bits per heavy atom. The summed E-state index contributed by atoms with van der Waals surface area (Å²) in [6.07, 6.45) is 6.81. The highest BCUT2D eigenvalue weighted by molar-refractivity contribution is 5.20. The number of rotatable bonds is 6. The van der Waals surface area contributed by atoms with Crippen molar-refractivity contribution in [1.82, 2.24) is 20.1 Å². The maximum Gasteiger partial charge on any atom is 0.0694 e. The molecule has 2 rings (SSSR count). The van der Waals surface area contributed by atoms with E-state index >= 15 is 0 Å². The Hall–Kier alpha value is -1.68. The van der Waals surface area contributed by atoms with Crippen LogP contribution in [0.3, 0.4) is 0 Å². The molecule has 0 saturated heterocycles. The van der Waals surface area contributed by atoms with Crippen LogP contribution in [0.1, 0.15) is 36.6 Å². The minimum absolute atomic E-state index is 0.471. The fourth-order valence-electron chi connectivity index (χ4n) is 2.18. The number of aryl methyl sites for hydroxylation is 1. The van der Waals surface area contributed by atoms with Crippen molar-refractivity contribution in [1.29, 1.82) is 0 Å². The Morgan fingerprint density at radius 3 is 2.68 bits per heavy atom. The van der Waals surface area contributed by atoms with E-state index in [9.17, 15) is 0 Å². The Bertz CT molecular complexity index is 502. The van der Waals surface area contributed by atoms with Crippen molar-refractivity contribution in [3.8, 4) is 0 Å². The zero-order chi connectivity index (χ0) is 13.7. The van der Waals surface area contributed by atoms with Crippen molar-refractivity contribution < 1.29 is 0 Å². The second-order valence-electron chi connectivity index (χ2n) is 5.15. The van der Waals surface area contributed by atoms with Gasteiger partial charge in [0.2, 0.25) is 0 Å². The molecule has 4 heteroatoms. The van der Waals surface area contributed by atoms with Crippen LogP contribution in [-0.4, -0.2) is 21.3 Å². The van der Waals surface area contributed by atoms with Crippen LogP contribution in [0.25, 0.3) is 0 Å². The van der Waals surface area contributed by atoms with Gasteiger partial charge in [0.25, 0.3) is 0 Å². The lowest BCUT2D eigenvalue weighted by Crippen LogP contribution is -2.17. The summed E-state index contributed by atoms with van der Waals surface area (Å²) in [4.78, 5) is 4.02. The number of aromatic nitrogens is 3. The van der Waals surface area contributed by atoms with Gasteiger partial charge in [-0.25, -0.2) is 0 Å². The van der Waals surface area contributed by atoms with Crippen LogP contribution in [0.2, 0.25) is 0 Å². The third-order valence-corrected chi connectivity index (χ3v) is 3.14. The molecular formula is C15H22N4. The minimum Gasteiger partial charge on any atom is -0.312 e. The molecule has 2 heterocycles. The molecule has 0 aliphatic heterocycles. The van der Waals surface area contributed by atoms with Crippen LogP contribution in [0.4, 0.5) is 0 Å². The smallest absolute Gasteiger partial charge is 0.0694 e. The molecule has 0 radical (unpaired) electrons. The lowest BCUT2D eigenvalue weighted by atomic mass is 10.1. The van der Waals surface area contributed by atoms with Gasteiger partial charge >= 0.3 is 0 Å². The second-order valence-corrected chi connectivity index (χ2v) is 5.15. The first-order valence-corrected chi connectivity index (χ1v) is 6.79. The second kappa shape index (κ2) is 6.48. The van der Waals surface area contributed by atoms with Crippen molar-refractivity contribution >= 4 is 0 Å². The van der Waals surface area contributed by atoms with Crippen molar-refractivity contribution in [2.75, 3.05) is 6.54 Å². The third-order valence-electron chi connectivity index (χ3n) is 3.14. The number of nitrogens with zero attached hydrogens (tertiary/aromatic N) is 3. The van der Waals surface area contributed by atoms with Gasteiger partial charge in [0.1, 0.15) is 0 Å². The van der Waals surface area contributed by atoms with Crippen molar-refractivity contribution in [2.24, 2.45) is 7.05 Å². The fourth-order valence-corrected chi connectivity index (χ4v) is 2.18. The molecule has 19 heavy (non-hydrogen) atoms. The molecule has 0 saturated carbocycles. The normalized spacial score (nSPS) is 11.2. The van der Waals surface area contributed by atoms with Gasteiger partial charge in [-0.3, -0.25) is 9.67 Å². The molecule has 0 aromatic carbocycles. The van der Waals surface area contributed by atoms with E-state index in [2.05, 4.69) is 47.6 Å². The molecule has 4 nitrogen and oxygen atoms in total. The molecule has 0 spiro atoms. The Labute approximate surface area is 114 Å². The average Bonchev–Trinajstić information content (AvgIpc) is 2.77. The molecule has 2 aromatic heterocycles. The summed E-state index contributed by atoms with van der Waals surface area (Å²) in [6.45, 7) is 6.22. The summed E-state index contributed by atoms with van der Waals surface area (Å²) in [5.41, 5.74) is 3.81. The van der Waals surface area contributed by atoms with Crippen molar-refractivity contribution in [2.45, 2.75) is 32.7 Å². The van der Waals surface area contributed by atoms with E-state index in [1.54, 1.807) is 0 Å². The molecule has 1 N–H and O–H groups in total. The van der Waals surface area contributed by atoms with Gasteiger partial charge < -0.3 is 5.32 Å². The number of hydrogen-bond donors (Lipinski definition) is 1. The summed E-state index contributed by atoms with van der Waals surface area (Å²) in [5.74, 6) is 0.471. The SMILES string of the molecule is CC(C)c1nn(C)cc1CNCCc1ccncc1. The maximum atomic E-state index is 4.52. The summed E-state index contributed by atoms with van der Waals surface area (Å²) >= 11 is 0. The van der Waals surface area contributed by atoms with Gasteiger partial charge in [0.05, 0.1) is 5.69 Å². The van der Waals surface area contributed by atoms with Gasteiger partial charge in [-0.2, -0.15) is 5.10 Å². The Kier molecular flexibility index (Phi) is 4.68. The van der Waals surface area contributed by atoms with Crippen molar-refractivity contribution in [3.63, 3.8) is 0 Å². The molecule has 0 bridgehead atoms. The highest BCUT2D eigenvalue weighted by Gasteiger charge is 2.10. The minimum atomic E-state index is 0.471. The molecule has 0 aliphatic carbocycles. The van der Waals surface area contributed by atoms with E-state index in [0.717, 1.165) is 19.5 Å². The molecular weight excluding hydrogens is 236 g/mol. The van der Waals surface area contributed by atoms with E-state index in [1.165, 1.54) is 16.8 Å². The van der Waals surface area contributed by atoms with Crippen LogP contribution in [0.5, 0.6) is 0 Å². The van der Waals surface area contributed by atoms with Gasteiger partial charge in [0, 0.05) is 37.7 Å². The molecule has 102 valence electrons. The molecule has 0 fully saturated rings. The topological polar surface area (TPSA) is 42.7 Å². The van der Waals surface area contributed by atoms with Gasteiger partial charge in [-0.1, -0.05) is 13.8 Å². The number of hydrogen-bond acceptors (Lipinski definition) is 3. The zero-order valence-electron chi connectivity index (χ0n) is 11.9.